The number of aromatic nitrogens is 2. The Morgan fingerprint density at radius 3 is 2.62 bits per heavy atom. The monoisotopic (exact) mass is 394 g/mol. The van der Waals surface area contributed by atoms with E-state index >= 15 is 0 Å². The van der Waals surface area contributed by atoms with Gasteiger partial charge in [-0.25, -0.2) is 9.07 Å². The molecule has 0 bridgehead atoms. The van der Waals surface area contributed by atoms with E-state index in [2.05, 4.69) is 15.7 Å². The van der Waals surface area contributed by atoms with Crippen LogP contribution in [0.3, 0.4) is 0 Å². The van der Waals surface area contributed by atoms with Crippen molar-refractivity contribution in [3.05, 3.63) is 65.6 Å². The highest BCUT2D eigenvalue weighted by Gasteiger charge is 2.47. The second-order valence-corrected chi connectivity index (χ2v) is 7.10. The van der Waals surface area contributed by atoms with Crippen LogP contribution in [-0.2, 0) is 9.59 Å². The second kappa shape index (κ2) is 6.73. The van der Waals surface area contributed by atoms with Crippen molar-refractivity contribution in [3.63, 3.8) is 0 Å². The third-order valence-corrected chi connectivity index (χ3v) is 4.71. The first-order valence-corrected chi connectivity index (χ1v) is 9.01. The topological polar surface area (TPSA) is 85.3 Å². The molecular formula is C21H19FN4O3. The lowest BCUT2D eigenvalue weighted by Crippen LogP contribution is -2.56. The quantitative estimate of drug-likeness (QED) is 0.667. The molecule has 7 nitrogen and oxygen atoms in total. The molecule has 2 heterocycles. The van der Waals surface area contributed by atoms with Crippen LogP contribution in [0, 0.1) is 19.7 Å². The third kappa shape index (κ3) is 3.33. The summed E-state index contributed by atoms with van der Waals surface area (Å²) in [6.07, 6.45) is 0. The molecule has 29 heavy (non-hydrogen) atoms. The molecule has 4 rings (SSSR count). The standard InChI is InChI=1S/C21H19FN4O3/c1-12-4-9-17-16(10-12)23-19(27)21(3,29-17)20(28)24-18-11-13(2)25-26(18)15-7-5-14(22)6-8-15/h4-11H,1-3H3,(H,23,27)(H,24,28). The predicted molar refractivity (Wildman–Crippen MR) is 106 cm³/mol. The first-order valence-electron chi connectivity index (χ1n) is 9.01. The SMILES string of the molecule is Cc1ccc2c(c1)NC(=O)C(C)(C(=O)Nc1cc(C)nn1-c1ccc(F)cc1)O2. The molecule has 2 amide bonds. The fourth-order valence-corrected chi connectivity index (χ4v) is 3.09. The van der Waals surface area contributed by atoms with E-state index in [1.165, 1.54) is 23.7 Å². The van der Waals surface area contributed by atoms with E-state index in [1.807, 2.05) is 13.0 Å². The number of ether oxygens (including phenoxy) is 1. The molecular weight excluding hydrogens is 375 g/mol. The van der Waals surface area contributed by atoms with E-state index in [9.17, 15) is 14.0 Å². The summed E-state index contributed by atoms with van der Waals surface area (Å²) >= 11 is 0. The number of hydrogen-bond acceptors (Lipinski definition) is 4. The van der Waals surface area contributed by atoms with Gasteiger partial charge in [-0.3, -0.25) is 9.59 Å². The number of nitrogens with one attached hydrogen (secondary N) is 2. The fraction of sp³-hybridized carbons (Fsp3) is 0.190. The molecule has 0 radical (unpaired) electrons. The lowest BCUT2D eigenvalue weighted by Gasteiger charge is -2.33. The number of benzene rings is 2. The lowest BCUT2D eigenvalue weighted by atomic mass is 10.0. The van der Waals surface area contributed by atoms with Crippen LogP contribution < -0.4 is 15.4 Å². The van der Waals surface area contributed by atoms with Crippen molar-refractivity contribution in [3.8, 4) is 11.4 Å². The Balaban J connectivity index is 1.64. The summed E-state index contributed by atoms with van der Waals surface area (Å²) in [6, 6.07) is 12.7. The number of halogens is 1. The smallest absolute Gasteiger partial charge is 0.279 e. The molecule has 0 saturated carbocycles. The highest BCUT2D eigenvalue weighted by atomic mass is 19.1. The van der Waals surface area contributed by atoms with Crippen LogP contribution in [0.2, 0.25) is 0 Å². The summed E-state index contributed by atoms with van der Waals surface area (Å²) in [5.41, 5.74) is 0.917. The van der Waals surface area contributed by atoms with Crippen LogP contribution >= 0.6 is 0 Å². The first kappa shape index (κ1) is 18.7. The molecule has 3 aromatic rings. The Labute approximate surface area is 166 Å². The average molecular weight is 394 g/mol. The Hall–Kier alpha value is -3.68. The molecule has 1 aromatic heterocycles. The zero-order valence-electron chi connectivity index (χ0n) is 16.1. The number of carbonyl (C=O) groups is 2. The van der Waals surface area contributed by atoms with Gasteiger partial charge in [0.2, 0.25) is 0 Å². The second-order valence-electron chi connectivity index (χ2n) is 7.10. The van der Waals surface area contributed by atoms with E-state index < -0.39 is 17.4 Å². The molecule has 2 N–H and O–H groups in total. The van der Waals surface area contributed by atoms with Gasteiger partial charge in [-0.05, 0) is 62.7 Å². The summed E-state index contributed by atoms with van der Waals surface area (Å²) in [6.45, 7) is 5.07. The molecule has 0 aliphatic carbocycles. The molecule has 8 heteroatoms. The minimum atomic E-state index is -1.77. The van der Waals surface area contributed by atoms with Gasteiger partial charge in [-0.1, -0.05) is 6.07 Å². The lowest BCUT2D eigenvalue weighted by molar-refractivity contribution is -0.143. The normalized spacial score (nSPS) is 17.9. The largest absolute Gasteiger partial charge is 0.466 e. The highest BCUT2D eigenvalue weighted by molar-refractivity contribution is 6.18. The van der Waals surface area contributed by atoms with Crippen molar-refractivity contribution in [1.29, 1.82) is 0 Å². The Morgan fingerprint density at radius 1 is 1.17 bits per heavy atom. The van der Waals surface area contributed by atoms with Gasteiger partial charge in [-0.2, -0.15) is 5.10 Å². The molecule has 1 atom stereocenters. The van der Waals surface area contributed by atoms with E-state index in [4.69, 9.17) is 4.74 Å². The number of aryl methyl sites for hydroxylation is 2. The molecule has 148 valence electrons. The van der Waals surface area contributed by atoms with Gasteiger partial charge in [0.25, 0.3) is 17.4 Å². The maximum Gasteiger partial charge on any atom is 0.279 e. The van der Waals surface area contributed by atoms with Gasteiger partial charge in [0.05, 0.1) is 17.1 Å². The molecule has 0 saturated heterocycles. The minimum Gasteiger partial charge on any atom is -0.466 e. The van der Waals surface area contributed by atoms with Crippen LogP contribution in [0.1, 0.15) is 18.2 Å². The Bertz CT molecular complexity index is 1120. The van der Waals surface area contributed by atoms with Crippen LogP contribution in [0.5, 0.6) is 5.75 Å². The maximum atomic E-state index is 13.2. The number of fused-ring (bicyclic) bond motifs is 1. The van der Waals surface area contributed by atoms with Gasteiger partial charge < -0.3 is 15.4 Å². The summed E-state index contributed by atoms with van der Waals surface area (Å²) in [5.74, 6) is -0.846. The van der Waals surface area contributed by atoms with Crippen molar-refractivity contribution < 1.29 is 18.7 Å². The number of rotatable bonds is 3. The Morgan fingerprint density at radius 2 is 1.90 bits per heavy atom. The van der Waals surface area contributed by atoms with Crippen LogP contribution in [-0.4, -0.2) is 27.2 Å². The molecule has 1 aliphatic heterocycles. The van der Waals surface area contributed by atoms with Crippen molar-refractivity contribution >= 4 is 23.3 Å². The first-order chi connectivity index (χ1) is 13.8. The summed E-state index contributed by atoms with van der Waals surface area (Å²) in [7, 11) is 0. The van der Waals surface area contributed by atoms with Gasteiger partial charge in [0.15, 0.2) is 0 Å². The minimum absolute atomic E-state index is 0.339. The van der Waals surface area contributed by atoms with Gasteiger partial charge in [0, 0.05) is 6.07 Å². The van der Waals surface area contributed by atoms with Crippen molar-refractivity contribution in [2.75, 3.05) is 10.6 Å². The number of anilines is 2. The molecule has 1 aliphatic rings. The molecule has 0 spiro atoms. The van der Waals surface area contributed by atoms with Gasteiger partial charge in [-0.15, -0.1) is 0 Å². The van der Waals surface area contributed by atoms with Crippen LogP contribution in [0.4, 0.5) is 15.9 Å². The van der Waals surface area contributed by atoms with E-state index in [0.29, 0.717) is 28.6 Å². The van der Waals surface area contributed by atoms with Crippen molar-refractivity contribution in [1.82, 2.24) is 9.78 Å². The average Bonchev–Trinajstić information content (AvgIpc) is 3.03. The molecule has 2 aromatic carbocycles. The number of hydrogen-bond donors (Lipinski definition) is 2. The van der Waals surface area contributed by atoms with Crippen LogP contribution in [0.25, 0.3) is 5.69 Å². The van der Waals surface area contributed by atoms with Crippen molar-refractivity contribution in [2.24, 2.45) is 0 Å². The number of carbonyl (C=O) groups excluding carboxylic acids is 2. The van der Waals surface area contributed by atoms with Gasteiger partial charge in [0.1, 0.15) is 17.4 Å². The summed E-state index contributed by atoms with van der Waals surface area (Å²) < 4.78 is 20.5. The predicted octanol–water partition coefficient (Wildman–Crippen LogP) is 3.36. The molecule has 0 fully saturated rings. The van der Waals surface area contributed by atoms with E-state index in [1.54, 1.807) is 37.3 Å². The van der Waals surface area contributed by atoms with E-state index in [0.717, 1.165) is 5.56 Å². The summed E-state index contributed by atoms with van der Waals surface area (Å²) in [5, 5.41) is 9.77. The van der Waals surface area contributed by atoms with Gasteiger partial charge >= 0.3 is 0 Å². The van der Waals surface area contributed by atoms with Crippen molar-refractivity contribution in [2.45, 2.75) is 26.4 Å². The van der Waals surface area contributed by atoms with Crippen LogP contribution in [0.15, 0.2) is 48.5 Å². The maximum absolute atomic E-state index is 13.2. The summed E-state index contributed by atoms with van der Waals surface area (Å²) in [4.78, 5) is 25.7. The zero-order chi connectivity index (χ0) is 20.8. The fourth-order valence-electron chi connectivity index (χ4n) is 3.09. The third-order valence-electron chi connectivity index (χ3n) is 4.71. The Kier molecular flexibility index (Phi) is 4.34. The number of amides is 2. The zero-order valence-corrected chi connectivity index (χ0v) is 16.1. The van der Waals surface area contributed by atoms with E-state index in [-0.39, 0.29) is 5.82 Å². The number of nitrogens with zero attached hydrogens (tertiary/aromatic N) is 2. The highest BCUT2D eigenvalue weighted by Crippen LogP contribution is 2.35. The molecule has 1 unspecified atom stereocenters.